The van der Waals surface area contributed by atoms with Crippen LogP contribution < -0.4 is 5.73 Å². The zero-order valence-electron chi connectivity index (χ0n) is 15.2. The second-order valence-corrected chi connectivity index (χ2v) is 7.20. The predicted molar refractivity (Wildman–Crippen MR) is 98.8 cm³/mol. The standard InChI is InChI=1S/C21H28N2O2/c1-3-14(13-20(24)17(22)4-2)9-12-21(25)23-18-10-11-19(23)16-8-6-5-7-15(16)18/h5-9,12,14,17-19H,3-4,10-11,13,22H2,1-2H3/b12-9+/t14-,17-,18-,19+/m0/s1. The highest BCUT2D eigenvalue weighted by molar-refractivity contribution is 5.89. The Bertz CT molecular complexity index is 651. The van der Waals surface area contributed by atoms with Gasteiger partial charge in [-0.25, -0.2) is 0 Å². The highest BCUT2D eigenvalue weighted by atomic mass is 16.2. The summed E-state index contributed by atoms with van der Waals surface area (Å²) >= 11 is 0. The third kappa shape index (κ3) is 3.40. The van der Waals surface area contributed by atoms with E-state index in [1.54, 1.807) is 6.08 Å². The second kappa shape index (κ2) is 7.52. The fraction of sp³-hybridized carbons (Fsp3) is 0.524. The second-order valence-electron chi connectivity index (χ2n) is 7.20. The quantitative estimate of drug-likeness (QED) is 0.770. The van der Waals surface area contributed by atoms with Crippen LogP contribution in [0.15, 0.2) is 36.4 Å². The molecule has 4 heteroatoms. The number of ketones is 1. The number of Topliss-reactive ketones (excluding diaryl/α,β-unsaturated/α-hetero) is 1. The van der Waals surface area contributed by atoms with E-state index >= 15 is 0 Å². The van der Waals surface area contributed by atoms with E-state index in [0.717, 1.165) is 19.3 Å². The van der Waals surface area contributed by atoms with Crippen LogP contribution in [0.5, 0.6) is 0 Å². The molecule has 134 valence electrons. The smallest absolute Gasteiger partial charge is 0.247 e. The molecule has 4 nitrogen and oxygen atoms in total. The molecule has 2 aliphatic heterocycles. The van der Waals surface area contributed by atoms with Gasteiger partial charge in [0.2, 0.25) is 5.91 Å². The Balaban J connectivity index is 1.66. The largest absolute Gasteiger partial charge is 0.325 e. The van der Waals surface area contributed by atoms with Crippen LogP contribution in [0.25, 0.3) is 0 Å². The molecule has 3 rings (SSSR count). The summed E-state index contributed by atoms with van der Waals surface area (Å²) in [5.74, 6) is 0.228. The first kappa shape index (κ1) is 17.9. The molecule has 1 fully saturated rings. The van der Waals surface area contributed by atoms with Crippen molar-refractivity contribution in [2.45, 2.75) is 64.1 Å². The van der Waals surface area contributed by atoms with Crippen molar-refractivity contribution >= 4 is 11.7 Å². The van der Waals surface area contributed by atoms with Gasteiger partial charge >= 0.3 is 0 Å². The van der Waals surface area contributed by atoms with E-state index in [4.69, 9.17) is 5.73 Å². The molecule has 0 spiro atoms. The summed E-state index contributed by atoms with van der Waals surface area (Å²) in [6.07, 6.45) is 7.58. The molecular weight excluding hydrogens is 312 g/mol. The summed E-state index contributed by atoms with van der Waals surface area (Å²) in [5, 5.41) is 0. The molecule has 1 aromatic carbocycles. The first-order valence-electron chi connectivity index (χ1n) is 9.44. The summed E-state index contributed by atoms with van der Waals surface area (Å²) in [4.78, 5) is 26.9. The summed E-state index contributed by atoms with van der Waals surface area (Å²) in [5.41, 5.74) is 8.42. The minimum atomic E-state index is -0.387. The lowest BCUT2D eigenvalue weighted by Crippen LogP contribution is -2.30. The van der Waals surface area contributed by atoms with E-state index in [2.05, 4.69) is 12.1 Å². The predicted octanol–water partition coefficient (Wildman–Crippen LogP) is 3.68. The fourth-order valence-electron chi connectivity index (χ4n) is 4.14. The molecule has 2 bridgehead atoms. The normalized spacial score (nSPS) is 23.7. The third-order valence-corrected chi connectivity index (χ3v) is 5.71. The van der Waals surface area contributed by atoms with Crippen molar-refractivity contribution in [3.63, 3.8) is 0 Å². The van der Waals surface area contributed by atoms with Crippen molar-refractivity contribution in [1.29, 1.82) is 0 Å². The first-order chi connectivity index (χ1) is 12.1. The summed E-state index contributed by atoms with van der Waals surface area (Å²) in [6, 6.07) is 8.43. The van der Waals surface area contributed by atoms with Gasteiger partial charge in [0, 0.05) is 6.42 Å². The number of fused-ring (bicyclic) bond motifs is 5. The fourth-order valence-corrected chi connectivity index (χ4v) is 4.14. The third-order valence-electron chi connectivity index (χ3n) is 5.71. The van der Waals surface area contributed by atoms with Gasteiger partial charge in [-0.1, -0.05) is 44.2 Å². The van der Waals surface area contributed by atoms with Crippen molar-refractivity contribution < 1.29 is 9.59 Å². The molecular formula is C21H28N2O2. The monoisotopic (exact) mass is 340 g/mol. The number of rotatable bonds is 7. The van der Waals surface area contributed by atoms with Crippen LogP contribution in [0.2, 0.25) is 0 Å². The maximum atomic E-state index is 12.8. The number of benzene rings is 1. The molecule has 0 saturated carbocycles. The van der Waals surface area contributed by atoms with Gasteiger partial charge in [0.1, 0.15) is 5.78 Å². The minimum Gasteiger partial charge on any atom is -0.325 e. The van der Waals surface area contributed by atoms with Gasteiger partial charge in [0.15, 0.2) is 0 Å². The van der Waals surface area contributed by atoms with E-state index in [-0.39, 0.29) is 35.7 Å². The van der Waals surface area contributed by atoms with Crippen molar-refractivity contribution in [2.24, 2.45) is 11.7 Å². The molecule has 2 aliphatic rings. The number of amides is 1. The van der Waals surface area contributed by atoms with E-state index in [1.165, 1.54) is 11.1 Å². The maximum Gasteiger partial charge on any atom is 0.247 e. The Kier molecular flexibility index (Phi) is 5.38. The summed E-state index contributed by atoms with van der Waals surface area (Å²) in [7, 11) is 0. The molecule has 2 heterocycles. The zero-order chi connectivity index (χ0) is 18.0. The molecule has 4 atom stereocenters. The summed E-state index contributed by atoms with van der Waals surface area (Å²) in [6.45, 7) is 3.96. The van der Waals surface area contributed by atoms with Gasteiger partial charge in [-0.05, 0) is 48.8 Å². The van der Waals surface area contributed by atoms with Crippen LogP contribution in [-0.4, -0.2) is 22.6 Å². The van der Waals surface area contributed by atoms with Crippen molar-refractivity contribution in [2.75, 3.05) is 0 Å². The Morgan fingerprint density at radius 3 is 2.28 bits per heavy atom. The molecule has 1 saturated heterocycles. The number of carbonyl (C=O) groups is 2. The molecule has 0 radical (unpaired) electrons. The van der Waals surface area contributed by atoms with E-state index < -0.39 is 0 Å². The van der Waals surface area contributed by atoms with Gasteiger partial charge in [-0.15, -0.1) is 0 Å². The van der Waals surface area contributed by atoms with Gasteiger partial charge < -0.3 is 10.6 Å². The molecule has 0 unspecified atom stereocenters. The Morgan fingerprint density at radius 1 is 1.16 bits per heavy atom. The summed E-state index contributed by atoms with van der Waals surface area (Å²) < 4.78 is 0. The number of nitrogens with zero attached hydrogens (tertiary/aromatic N) is 1. The van der Waals surface area contributed by atoms with Crippen molar-refractivity contribution in [3.8, 4) is 0 Å². The Morgan fingerprint density at radius 2 is 1.76 bits per heavy atom. The van der Waals surface area contributed by atoms with E-state index in [0.29, 0.717) is 12.8 Å². The van der Waals surface area contributed by atoms with Crippen LogP contribution in [0.4, 0.5) is 0 Å². The number of carbonyl (C=O) groups excluding carboxylic acids is 2. The Hall–Kier alpha value is -1.94. The van der Waals surface area contributed by atoms with E-state index in [9.17, 15) is 9.59 Å². The SMILES string of the molecule is CC[C@@H](/C=C/C(=O)N1[C@@H]2CC[C@H]1c1ccccc12)CC(=O)[C@@H](N)CC. The average molecular weight is 340 g/mol. The van der Waals surface area contributed by atoms with Crippen LogP contribution in [0, 0.1) is 5.92 Å². The van der Waals surface area contributed by atoms with Gasteiger partial charge in [-0.3, -0.25) is 9.59 Å². The molecule has 0 aromatic heterocycles. The molecule has 2 N–H and O–H groups in total. The molecule has 1 aromatic rings. The van der Waals surface area contributed by atoms with Gasteiger partial charge in [0.05, 0.1) is 18.1 Å². The average Bonchev–Trinajstić information content (AvgIpc) is 3.21. The van der Waals surface area contributed by atoms with E-state index in [1.807, 2.05) is 37.0 Å². The molecule has 0 aliphatic carbocycles. The topological polar surface area (TPSA) is 63.4 Å². The van der Waals surface area contributed by atoms with Crippen LogP contribution in [0.1, 0.15) is 69.2 Å². The highest BCUT2D eigenvalue weighted by Gasteiger charge is 2.45. The van der Waals surface area contributed by atoms with Crippen molar-refractivity contribution in [1.82, 2.24) is 4.90 Å². The van der Waals surface area contributed by atoms with Crippen molar-refractivity contribution in [3.05, 3.63) is 47.5 Å². The highest BCUT2D eigenvalue weighted by Crippen LogP contribution is 2.52. The maximum absolute atomic E-state index is 12.8. The van der Waals surface area contributed by atoms with Gasteiger partial charge in [0.25, 0.3) is 0 Å². The number of allylic oxidation sites excluding steroid dienone is 1. The number of nitrogens with two attached hydrogens (primary N) is 1. The lowest BCUT2D eigenvalue weighted by Gasteiger charge is -2.21. The molecule has 1 amide bonds. The van der Waals surface area contributed by atoms with Crippen LogP contribution in [0.3, 0.4) is 0 Å². The minimum absolute atomic E-state index is 0.0642. The number of hydrogen-bond acceptors (Lipinski definition) is 3. The lowest BCUT2D eigenvalue weighted by molar-refractivity contribution is -0.128. The zero-order valence-corrected chi connectivity index (χ0v) is 15.2. The Labute approximate surface area is 150 Å². The lowest BCUT2D eigenvalue weighted by atomic mass is 9.92. The number of hydrogen-bond donors (Lipinski definition) is 1. The first-order valence-corrected chi connectivity index (χ1v) is 9.44. The van der Waals surface area contributed by atoms with Gasteiger partial charge in [-0.2, -0.15) is 0 Å². The molecule has 25 heavy (non-hydrogen) atoms. The van der Waals surface area contributed by atoms with Crippen LogP contribution >= 0.6 is 0 Å². The van der Waals surface area contributed by atoms with Crippen LogP contribution in [-0.2, 0) is 9.59 Å².